The number of unbranched alkanes of at least 4 members (excludes halogenated alkanes) is 3. The van der Waals surface area contributed by atoms with E-state index in [1.165, 1.54) is 18.9 Å². The van der Waals surface area contributed by atoms with Crippen molar-refractivity contribution >= 4 is 81.6 Å². The van der Waals surface area contributed by atoms with E-state index in [9.17, 15) is 61.1 Å². The molecule has 4 N–H and O–H groups in total. The van der Waals surface area contributed by atoms with Crippen molar-refractivity contribution in [2.75, 3.05) is 59.1 Å². The summed E-state index contributed by atoms with van der Waals surface area (Å²) in [5.74, 6) is -8.65. The van der Waals surface area contributed by atoms with Gasteiger partial charge in [0.05, 0.1) is 19.6 Å². The molecule has 0 aliphatic rings. The van der Waals surface area contributed by atoms with Gasteiger partial charge in [0, 0.05) is 34.6 Å². The van der Waals surface area contributed by atoms with Crippen LogP contribution >= 0.6 is 15.9 Å². The number of halogens is 4. The fourth-order valence-corrected chi connectivity index (χ4v) is 4.10. The van der Waals surface area contributed by atoms with Crippen LogP contribution in [0.2, 0.25) is 0 Å². The maximum atomic E-state index is 12.6. The molecule has 64 heavy (non-hydrogen) atoms. The SMILES string of the molecule is CC(=O)C(F)(F)F.CC(=O)OCBr.CCCCCC(C(=O)OCOC(C)=O)N(CC(=O)OCOC(C)=O)CC(=O)OCOC(C)=O.CN(CC(=O)O)C(CCCCN)C(=O)O.O=C=O. The topological polar surface area (TPSA) is 342 Å². The van der Waals surface area contributed by atoms with Crippen molar-refractivity contribution in [2.24, 2.45) is 5.73 Å². The molecule has 0 heterocycles. The number of alkyl halides is 4. The quantitative estimate of drug-likeness (QED) is 0.0383. The van der Waals surface area contributed by atoms with Gasteiger partial charge in [0.25, 0.3) is 0 Å². The van der Waals surface area contributed by atoms with Gasteiger partial charge in [-0.1, -0.05) is 32.6 Å². The number of ketones is 1. The zero-order valence-corrected chi connectivity index (χ0v) is 38.0. The molecule has 24 nitrogen and oxygen atoms in total. The lowest BCUT2D eigenvalue weighted by Gasteiger charge is -2.28. The number of nitrogens with two attached hydrogens (primary N) is 1. The lowest BCUT2D eigenvalue weighted by atomic mass is 10.1. The number of ether oxygens (including phenoxy) is 7. The van der Waals surface area contributed by atoms with Gasteiger partial charge in [0.1, 0.15) is 17.6 Å². The average molecular weight is 1000 g/mol. The Balaban J connectivity index is -0.000000303. The van der Waals surface area contributed by atoms with Gasteiger partial charge < -0.3 is 49.1 Å². The Labute approximate surface area is 374 Å². The van der Waals surface area contributed by atoms with E-state index < -0.39 is 105 Å². The number of carbonyl (C=O) groups is 10. The van der Waals surface area contributed by atoms with Crippen molar-refractivity contribution in [3.05, 3.63) is 0 Å². The van der Waals surface area contributed by atoms with Gasteiger partial charge in [-0.2, -0.15) is 22.8 Å². The van der Waals surface area contributed by atoms with E-state index in [1.807, 2.05) is 6.92 Å². The largest absolute Gasteiger partial charge is 0.480 e. The fraction of sp³-hybridized carbons (Fsp3) is 0.694. The second-order valence-electron chi connectivity index (χ2n) is 12.0. The number of carboxylic acids is 2. The number of hydrogen-bond acceptors (Lipinski definition) is 22. The summed E-state index contributed by atoms with van der Waals surface area (Å²) in [6.45, 7) is 4.42. The maximum absolute atomic E-state index is 12.6. The van der Waals surface area contributed by atoms with Crippen LogP contribution in [0, 0.1) is 0 Å². The van der Waals surface area contributed by atoms with Crippen molar-refractivity contribution in [3.63, 3.8) is 0 Å². The first kappa shape index (κ1) is 67.5. The Bertz CT molecular complexity index is 1430. The normalized spacial score (nSPS) is 10.8. The van der Waals surface area contributed by atoms with E-state index >= 15 is 0 Å². The number of hydrogen-bond donors (Lipinski definition) is 3. The summed E-state index contributed by atoms with van der Waals surface area (Å²) < 4.78 is 65.0. The van der Waals surface area contributed by atoms with E-state index in [4.69, 9.17) is 39.7 Å². The highest BCUT2D eigenvalue weighted by molar-refractivity contribution is 9.09. The zero-order chi connectivity index (χ0) is 50.8. The lowest BCUT2D eigenvalue weighted by molar-refractivity contribution is -0.192. The smallest absolute Gasteiger partial charge is 0.449 e. The van der Waals surface area contributed by atoms with E-state index in [0.717, 1.165) is 44.9 Å². The summed E-state index contributed by atoms with van der Waals surface area (Å²) in [4.78, 5) is 129. The molecule has 2 unspecified atom stereocenters. The molecule has 0 amide bonds. The molecule has 0 spiro atoms. The molecule has 0 aromatic rings. The number of likely N-dealkylation sites (N-methyl/N-ethyl adjacent to an activating group) is 1. The van der Waals surface area contributed by atoms with E-state index in [-0.39, 0.29) is 25.1 Å². The number of carbonyl (C=O) groups excluding carboxylic acids is 10. The van der Waals surface area contributed by atoms with Gasteiger partial charge in [-0.15, -0.1) is 0 Å². The molecule has 0 aromatic heterocycles. The Morgan fingerprint density at radius 2 is 1.02 bits per heavy atom. The van der Waals surface area contributed by atoms with Crippen LogP contribution in [0.5, 0.6) is 0 Å². The number of Topliss-reactive ketones (excluding diaryl/α,β-unsaturated/α-hetero) is 1. The van der Waals surface area contributed by atoms with E-state index in [2.05, 4.69) is 34.9 Å². The standard InChI is InChI=1S/C20H31NO12.C9H18N2O4.C3H5BrO2.C3H3F3O.CO2/c1-5-6-7-8-17(20(27)33-13-30-16(4)24)21(9-18(25)31-11-28-14(2)22)10-19(26)32-12-29-15(3)23;1-11(6-8(12)13)7(9(14)15)4-2-3-5-10;1-3(5)6-2-4;1-2(7)3(4,5)6;2-1-3/h17H,5-13H2,1-4H3;7H,2-6,10H2,1H3,(H,12,13)(H,14,15);2H2,1H3;1H3;. The number of carboxylic acid groups (broad SMARTS) is 2. The molecular weight excluding hydrogens is 947 g/mol. The third kappa shape index (κ3) is 49.1. The van der Waals surface area contributed by atoms with Crippen molar-refractivity contribution < 1.29 is 114 Å². The van der Waals surface area contributed by atoms with Gasteiger partial charge in [-0.25, -0.2) is 0 Å². The molecule has 0 saturated carbocycles. The number of esters is 7. The lowest BCUT2D eigenvalue weighted by Crippen LogP contribution is -2.48. The van der Waals surface area contributed by atoms with Crippen LogP contribution in [0.4, 0.5) is 13.2 Å². The monoisotopic (exact) mass is 1000 g/mol. The minimum atomic E-state index is -4.64. The van der Waals surface area contributed by atoms with Crippen molar-refractivity contribution in [1.29, 1.82) is 0 Å². The van der Waals surface area contributed by atoms with Crippen molar-refractivity contribution in [1.82, 2.24) is 9.80 Å². The molecule has 0 bridgehead atoms. The summed E-state index contributed by atoms with van der Waals surface area (Å²) in [7, 11) is 1.50. The van der Waals surface area contributed by atoms with Crippen LogP contribution < -0.4 is 5.73 Å². The molecule has 0 rings (SSSR count). The summed E-state index contributed by atoms with van der Waals surface area (Å²) >= 11 is 2.91. The van der Waals surface area contributed by atoms with Crippen LogP contribution in [-0.4, -0.2) is 163 Å². The van der Waals surface area contributed by atoms with E-state index in [0.29, 0.717) is 38.2 Å². The Morgan fingerprint density at radius 3 is 1.31 bits per heavy atom. The third-order valence-corrected chi connectivity index (χ3v) is 6.91. The molecule has 0 saturated heterocycles. The number of nitrogens with zero attached hydrogens (tertiary/aromatic N) is 2. The molecule has 370 valence electrons. The fourth-order valence-electron chi connectivity index (χ4n) is 3.77. The first-order valence-electron chi connectivity index (χ1n) is 18.4. The molecular formula is C36H57BrF3N3O21. The highest BCUT2D eigenvalue weighted by Gasteiger charge is 2.34. The number of rotatable bonds is 25. The minimum Gasteiger partial charge on any atom is -0.480 e. The maximum Gasteiger partial charge on any atom is 0.449 e. The van der Waals surface area contributed by atoms with Gasteiger partial charge in [-0.3, -0.25) is 57.7 Å². The second-order valence-corrected chi connectivity index (χ2v) is 12.5. The molecule has 0 fully saturated rings. The Kier molecular flexibility index (Phi) is 45.1. The predicted octanol–water partition coefficient (Wildman–Crippen LogP) is 1.47. The minimum absolute atomic E-state index is 0.210. The highest BCUT2D eigenvalue weighted by atomic mass is 79.9. The molecule has 0 radical (unpaired) electrons. The predicted molar refractivity (Wildman–Crippen MR) is 210 cm³/mol. The molecule has 28 heteroatoms. The summed E-state index contributed by atoms with van der Waals surface area (Å²) in [6, 6.07) is -1.83. The Hall–Kier alpha value is -5.57. The van der Waals surface area contributed by atoms with E-state index in [1.54, 1.807) is 0 Å². The number of aliphatic carboxylic acids is 2. The van der Waals surface area contributed by atoms with Gasteiger partial charge in [0.15, 0.2) is 0 Å². The van der Waals surface area contributed by atoms with Crippen LogP contribution in [0.3, 0.4) is 0 Å². The molecule has 0 aliphatic heterocycles. The molecule has 0 aromatic carbocycles. The van der Waals surface area contributed by atoms with Crippen LogP contribution in [0.1, 0.15) is 86.5 Å². The third-order valence-electron chi connectivity index (χ3n) is 6.68. The van der Waals surface area contributed by atoms with Crippen LogP contribution in [0.25, 0.3) is 0 Å². The highest BCUT2D eigenvalue weighted by Crippen LogP contribution is 2.15. The van der Waals surface area contributed by atoms with Crippen molar-refractivity contribution in [3.8, 4) is 0 Å². The van der Waals surface area contributed by atoms with Crippen molar-refractivity contribution in [2.45, 2.75) is 105 Å². The molecule has 0 aliphatic carbocycles. The zero-order valence-electron chi connectivity index (χ0n) is 36.4. The van der Waals surface area contributed by atoms with Gasteiger partial charge in [0.2, 0.25) is 26.2 Å². The average Bonchev–Trinajstić information content (AvgIpc) is 3.14. The first-order valence-corrected chi connectivity index (χ1v) is 19.5. The van der Waals surface area contributed by atoms with Crippen LogP contribution in [0.15, 0.2) is 0 Å². The Morgan fingerprint density at radius 1 is 0.641 bits per heavy atom. The van der Waals surface area contributed by atoms with Crippen LogP contribution in [-0.2, 0) is 90.7 Å². The first-order chi connectivity index (χ1) is 29.7. The summed E-state index contributed by atoms with van der Waals surface area (Å²) in [5, 5.41) is 17.4. The van der Waals surface area contributed by atoms with Gasteiger partial charge in [-0.05, 0) is 48.8 Å². The summed E-state index contributed by atoms with van der Waals surface area (Å²) in [5.41, 5.74) is 5.59. The van der Waals surface area contributed by atoms with Gasteiger partial charge >= 0.3 is 66.1 Å². The molecule has 2 atom stereocenters. The summed E-state index contributed by atoms with van der Waals surface area (Å²) in [6.07, 6.45) is -0.148. The second kappa shape index (κ2) is 42.7.